The number of para-hydroxylation sites is 1. The van der Waals surface area contributed by atoms with Crippen molar-refractivity contribution in [2.45, 2.75) is 35.6 Å². The fraction of sp³-hybridized carbons (Fsp3) is 0.400. The van der Waals surface area contributed by atoms with E-state index in [1.165, 1.54) is 24.6 Å². The van der Waals surface area contributed by atoms with Crippen molar-refractivity contribution in [1.29, 1.82) is 0 Å². The van der Waals surface area contributed by atoms with E-state index in [-0.39, 0.29) is 11.2 Å². The van der Waals surface area contributed by atoms with Crippen molar-refractivity contribution < 1.29 is 9.53 Å². The number of carbonyl (C=O) groups is 1. The van der Waals surface area contributed by atoms with Crippen LogP contribution in [0.4, 0.5) is 0 Å². The number of rotatable bonds is 4. The topological polar surface area (TPSA) is 57.0 Å². The first-order valence-electron chi connectivity index (χ1n) is 7.17. The molecule has 108 valence electrons. The van der Waals surface area contributed by atoms with Crippen LogP contribution in [-0.2, 0) is 9.53 Å². The molecule has 6 heteroatoms. The minimum absolute atomic E-state index is 0.143. The first-order valence-corrected chi connectivity index (χ1v) is 8.05. The molecule has 2 aromatic rings. The normalized spacial score (nSPS) is 21.5. The second-order valence-electron chi connectivity index (χ2n) is 5.35. The van der Waals surface area contributed by atoms with E-state index < -0.39 is 0 Å². The summed E-state index contributed by atoms with van der Waals surface area (Å²) >= 11 is 1.46. The molecule has 1 aromatic carbocycles. The van der Waals surface area contributed by atoms with Crippen LogP contribution in [-0.4, -0.2) is 32.6 Å². The van der Waals surface area contributed by atoms with E-state index in [4.69, 9.17) is 4.74 Å². The number of nitrogens with zero attached hydrogens (tertiary/aromatic N) is 3. The van der Waals surface area contributed by atoms with Gasteiger partial charge in [-0.2, -0.15) is 0 Å². The minimum Gasteiger partial charge on any atom is -0.465 e. The molecule has 1 atom stereocenters. The molecule has 1 aliphatic carbocycles. The van der Waals surface area contributed by atoms with E-state index in [9.17, 15) is 4.79 Å². The number of cyclic esters (lactones) is 1. The molecule has 0 N–H and O–H groups in total. The molecule has 1 aromatic heterocycles. The summed E-state index contributed by atoms with van der Waals surface area (Å²) in [6, 6.07) is 10.1. The van der Waals surface area contributed by atoms with Crippen LogP contribution in [0.15, 0.2) is 35.5 Å². The molecule has 1 saturated heterocycles. The minimum atomic E-state index is -0.163. The van der Waals surface area contributed by atoms with Gasteiger partial charge in [0.1, 0.15) is 11.1 Å². The number of ether oxygens (including phenoxy) is 1. The molecule has 0 bridgehead atoms. The van der Waals surface area contributed by atoms with Crippen molar-refractivity contribution >= 4 is 17.7 Å². The second-order valence-corrected chi connectivity index (χ2v) is 6.52. The van der Waals surface area contributed by atoms with Crippen LogP contribution in [0.1, 0.15) is 31.0 Å². The Kier molecular flexibility index (Phi) is 3.18. The molecule has 0 amide bonds. The van der Waals surface area contributed by atoms with Crippen LogP contribution >= 0.6 is 11.8 Å². The Morgan fingerprint density at radius 3 is 2.62 bits per heavy atom. The third-order valence-corrected chi connectivity index (χ3v) is 4.94. The Hall–Kier alpha value is -1.82. The van der Waals surface area contributed by atoms with Crippen molar-refractivity contribution in [2.24, 2.45) is 0 Å². The maximum absolute atomic E-state index is 11.7. The first kappa shape index (κ1) is 12.9. The highest BCUT2D eigenvalue weighted by Crippen LogP contribution is 2.41. The van der Waals surface area contributed by atoms with Gasteiger partial charge in [-0.05, 0) is 25.0 Å². The van der Waals surface area contributed by atoms with Gasteiger partial charge in [0.25, 0.3) is 0 Å². The van der Waals surface area contributed by atoms with Gasteiger partial charge in [-0.15, -0.1) is 10.2 Å². The number of thioether (sulfide) groups is 1. The zero-order chi connectivity index (χ0) is 14.2. The van der Waals surface area contributed by atoms with Crippen LogP contribution in [0.25, 0.3) is 5.69 Å². The average Bonchev–Trinajstić information content (AvgIpc) is 3.16. The molecular weight excluding hydrogens is 286 g/mol. The van der Waals surface area contributed by atoms with Gasteiger partial charge in [-0.25, -0.2) is 0 Å². The van der Waals surface area contributed by atoms with Crippen LogP contribution < -0.4 is 0 Å². The van der Waals surface area contributed by atoms with Gasteiger partial charge in [0.2, 0.25) is 0 Å². The Balaban J connectivity index is 1.71. The number of hydrogen-bond donors (Lipinski definition) is 0. The zero-order valence-electron chi connectivity index (χ0n) is 11.4. The maximum atomic E-state index is 11.7. The smallest absolute Gasteiger partial charge is 0.319 e. The van der Waals surface area contributed by atoms with Crippen LogP contribution in [0.2, 0.25) is 0 Å². The third kappa shape index (κ3) is 2.44. The Morgan fingerprint density at radius 1 is 1.14 bits per heavy atom. The van der Waals surface area contributed by atoms with E-state index in [0.717, 1.165) is 23.1 Å². The Morgan fingerprint density at radius 2 is 1.95 bits per heavy atom. The molecule has 2 aliphatic rings. The van der Waals surface area contributed by atoms with Crippen molar-refractivity contribution in [3.63, 3.8) is 0 Å². The van der Waals surface area contributed by atoms with Crippen LogP contribution in [0.5, 0.6) is 0 Å². The summed E-state index contributed by atoms with van der Waals surface area (Å²) in [4.78, 5) is 11.7. The van der Waals surface area contributed by atoms with Crippen LogP contribution in [0, 0.1) is 0 Å². The summed E-state index contributed by atoms with van der Waals surface area (Å²) in [6.07, 6.45) is 3.08. The molecule has 5 nitrogen and oxygen atoms in total. The van der Waals surface area contributed by atoms with E-state index in [0.29, 0.717) is 12.5 Å². The summed E-state index contributed by atoms with van der Waals surface area (Å²) in [5.74, 6) is 1.37. The number of esters is 1. The lowest BCUT2D eigenvalue weighted by Crippen LogP contribution is -2.11. The predicted molar refractivity (Wildman–Crippen MR) is 78.6 cm³/mol. The standard InChI is InChI=1S/C15H15N3O2S/c19-14-12(8-9-20-14)21-15-17-16-13(10-6-7-10)18(15)11-4-2-1-3-5-11/h1-5,10,12H,6-9H2/t12-/m1/s1. The highest BCUT2D eigenvalue weighted by Gasteiger charge is 2.34. The van der Waals surface area contributed by atoms with E-state index in [1.54, 1.807) is 0 Å². The molecule has 21 heavy (non-hydrogen) atoms. The van der Waals surface area contributed by atoms with Crippen molar-refractivity contribution in [3.05, 3.63) is 36.2 Å². The number of carbonyl (C=O) groups excluding carboxylic acids is 1. The zero-order valence-corrected chi connectivity index (χ0v) is 12.3. The Bertz CT molecular complexity index is 667. The summed E-state index contributed by atoms with van der Waals surface area (Å²) in [6.45, 7) is 0.505. The number of hydrogen-bond acceptors (Lipinski definition) is 5. The summed E-state index contributed by atoms with van der Waals surface area (Å²) in [7, 11) is 0. The SMILES string of the molecule is O=C1OCC[C@H]1Sc1nnc(C2CC2)n1-c1ccccc1. The summed E-state index contributed by atoms with van der Waals surface area (Å²) < 4.78 is 7.12. The van der Waals surface area contributed by atoms with Crippen molar-refractivity contribution in [1.82, 2.24) is 14.8 Å². The molecular formula is C15H15N3O2S. The van der Waals surface area contributed by atoms with E-state index in [2.05, 4.69) is 14.8 Å². The molecule has 2 fully saturated rings. The largest absolute Gasteiger partial charge is 0.465 e. The van der Waals surface area contributed by atoms with Gasteiger partial charge in [-0.1, -0.05) is 30.0 Å². The molecule has 1 aliphatic heterocycles. The van der Waals surface area contributed by atoms with E-state index in [1.807, 2.05) is 30.3 Å². The monoisotopic (exact) mass is 301 g/mol. The number of aromatic nitrogens is 3. The first-order chi connectivity index (χ1) is 10.3. The van der Waals surface area contributed by atoms with Crippen molar-refractivity contribution in [3.8, 4) is 5.69 Å². The van der Waals surface area contributed by atoms with Gasteiger partial charge in [0.05, 0.1) is 6.61 Å². The predicted octanol–water partition coefficient (Wildman–Crippen LogP) is 2.55. The average molecular weight is 301 g/mol. The molecule has 0 unspecified atom stereocenters. The Labute approximate surface area is 126 Å². The highest BCUT2D eigenvalue weighted by molar-refractivity contribution is 8.00. The molecule has 0 spiro atoms. The lowest BCUT2D eigenvalue weighted by Gasteiger charge is -2.10. The van der Waals surface area contributed by atoms with Crippen molar-refractivity contribution in [2.75, 3.05) is 6.61 Å². The number of benzene rings is 1. The molecule has 4 rings (SSSR count). The van der Waals surface area contributed by atoms with Gasteiger partial charge >= 0.3 is 5.97 Å². The maximum Gasteiger partial charge on any atom is 0.319 e. The molecule has 1 saturated carbocycles. The lowest BCUT2D eigenvalue weighted by atomic mass is 10.3. The lowest BCUT2D eigenvalue weighted by molar-refractivity contribution is -0.137. The van der Waals surface area contributed by atoms with Gasteiger partial charge in [0, 0.05) is 18.0 Å². The van der Waals surface area contributed by atoms with Gasteiger partial charge in [0.15, 0.2) is 5.16 Å². The highest BCUT2D eigenvalue weighted by atomic mass is 32.2. The van der Waals surface area contributed by atoms with Gasteiger partial charge < -0.3 is 4.74 Å². The van der Waals surface area contributed by atoms with Crippen LogP contribution in [0.3, 0.4) is 0 Å². The molecule has 2 heterocycles. The van der Waals surface area contributed by atoms with E-state index >= 15 is 0 Å². The molecule has 0 radical (unpaired) electrons. The van der Waals surface area contributed by atoms with Gasteiger partial charge in [-0.3, -0.25) is 9.36 Å². The third-order valence-electron chi connectivity index (χ3n) is 3.75. The second kappa shape index (κ2) is 5.18. The summed E-state index contributed by atoms with van der Waals surface area (Å²) in [5.41, 5.74) is 1.05. The summed E-state index contributed by atoms with van der Waals surface area (Å²) in [5, 5.41) is 9.30. The fourth-order valence-corrected chi connectivity index (χ4v) is 3.52. The fourth-order valence-electron chi connectivity index (χ4n) is 2.49. The quantitative estimate of drug-likeness (QED) is 0.812.